The van der Waals surface area contributed by atoms with Gasteiger partial charge < -0.3 is 19.4 Å². The molecular weight excluding hydrogens is 282 g/mol. The first-order valence-corrected chi connectivity index (χ1v) is 7.32. The summed E-state index contributed by atoms with van der Waals surface area (Å²) in [5.41, 5.74) is 0.933. The molecule has 1 N–H and O–H groups in total. The van der Waals surface area contributed by atoms with Crippen molar-refractivity contribution in [2.24, 2.45) is 0 Å². The molecule has 0 aliphatic heterocycles. The molecule has 0 unspecified atom stereocenters. The van der Waals surface area contributed by atoms with Crippen LogP contribution in [0.15, 0.2) is 41.1 Å². The zero-order valence-electron chi connectivity index (χ0n) is 12.5. The molecule has 2 aromatic heterocycles. The Labute approximate surface area is 129 Å². The summed E-state index contributed by atoms with van der Waals surface area (Å²) in [6, 6.07) is 7.63. The summed E-state index contributed by atoms with van der Waals surface area (Å²) in [4.78, 5) is 18.3. The van der Waals surface area contributed by atoms with Crippen LogP contribution in [0.5, 0.6) is 5.88 Å². The van der Waals surface area contributed by atoms with Crippen molar-refractivity contribution in [1.29, 1.82) is 0 Å². The Morgan fingerprint density at radius 3 is 2.91 bits per heavy atom. The number of carbonyl (C=O) groups is 1. The molecule has 2 heterocycles. The van der Waals surface area contributed by atoms with Crippen molar-refractivity contribution in [2.45, 2.75) is 32.0 Å². The van der Waals surface area contributed by atoms with Crippen molar-refractivity contribution in [2.75, 3.05) is 7.11 Å². The average molecular weight is 301 g/mol. The minimum absolute atomic E-state index is 0.0743. The smallest absolute Gasteiger partial charge is 0.318 e. The zero-order chi connectivity index (χ0) is 15.4. The Bertz CT molecular complexity index is 606. The van der Waals surface area contributed by atoms with Gasteiger partial charge in [-0.05, 0) is 30.5 Å². The van der Waals surface area contributed by atoms with Gasteiger partial charge >= 0.3 is 6.03 Å². The van der Waals surface area contributed by atoms with E-state index >= 15 is 0 Å². The Balaban J connectivity index is 1.56. The van der Waals surface area contributed by atoms with E-state index in [0.29, 0.717) is 25.0 Å². The van der Waals surface area contributed by atoms with Crippen LogP contribution in [0.3, 0.4) is 0 Å². The molecule has 116 valence electrons. The number of furan rings is 1. The highest BCUT2D eigenvalue weighted by Gasteiger charge is 2.33. The van der Waals surface area contributed by atoms with Crippen molar-refractivity contribution in [3.8, 4) is 5.88 Å². The SMILES string of the molecule is COc1ccc(CNC(=O)N(Cc2ccco2)C2CC2)cn1. The van der Waals surface area contributed by atoms with Gasteiger partial charge in [0, 0.05) is 24.8 Å². The van der Waals surface area contributed by atoms with Gasteiger partial charge in [-0.15, -0.1) is 0 Å². The lowest BCUT2D eigenvalue weighted by Crippen LogP contribution is -2.40. The van der Waals surface area contributed by atoms with Crippen LogP contribution >= 0.6 is 0 Å². The van der Waals surface area contributed by atoms with Gasteiger partial charge in [-0.3, -0.25) is 0 Å². The predicted octanol–water partition coefficient (Wildman–Crippen LogP) is 2.56. The van der Waals surface area contributed by atoms with Crippen molar-refractivity contribution in [3.63, 3.8) is 0 Å². The minimum atomic E-state index is -0.0743. The molecule has 6 heteroatoms. The first-order valence-electron chi connectivity index (χ1n) is 7.32. The Kier molecular flexibility index (Phi) is 4.27. The number of hydrogen-bond acceptors (Lipinski definition) is 4. The second-order valence-corrected chi connectivity index (χ2v) is 5.31. The van der Waals surface area contributed by atoms with Gasteiger partial charge in [-0.2, -0.15) is 0 Å². The van der Waals surface area contributed by atoms with Crippen LogP contribution in [0, 0.1) is 0 Å². The molecule has 6 nitrogen and oxygen atoms in total. The summed E-state index contributed by atoms with van der Waals surface area (Å²) < 4.78 is 10.3. The Morgan fingerprint density at radius 1 is 1.45 bits per heavy atom. The molecule has 0 spiro atoms. The van der Waals surface area contributed by atoms with Crippen LogP contribution in [0.2, 0.25) is 0 Å². The molecule has 0 radical (unpaired) electrons. The third-order valence-electron chi connectivity index (χ3n) is 3.61. The van der Waals surface area contributed by atoms with Crippen molar-refractivity contribution < 1.29 is 13.9 Å². The fourth-order valence-electron chi connectivity index (χ4n) is 2.24. The fourth-order valence-corrected chi connectivity index (χ4v) is 2.24. The third-order valence-corrected chi connectivity index (χ3v) is 3.61. The monoisotopic (exact) mass is 301 g/mol. The highest BCUT2D eigenvalue weighted by atomic mass is 16.5. The van der Waals surface area contributed by atoms with Gasteiger partial charge in [-0.1, -0.05) is 6.07 Å². The molecule has 2 amide bonds. The molecular formula is C16H19N3O3. The van der Waals surface area contributed by atoms with E-state index in [9.17, 15) is 4.79 Å². The predicted molar refractivity (Wildman–Crippen MR) is 80.3 cm³/mol. The van der Waals surface area contributed by atoms with E-state index in [1.807, 2.05) is 23.1 Å². The molecule has 0 saturated heterocycles. The van der Waals surface area contributed by atoms with E-state index in [2.05, 4.69) is 10.3 Å². The molecule has 1 fully saturated rings. The van der Waals surface area contributed by atoms with Gasteiger partial charge in [0.15, 0.2) is 0 Å². The lowest BCUT2D eigenvalue weighted by molar-refractivity contribution is 0.186. The van der Waals surface area contributed by atoms with E-state index in [4.69, 9.17) is 9.15 Å². The van der Waals surface area contributed by atoms with E-state index in [1.54, 1.807) is 25.6 Å². The summed E-state index contributed by atoms with van der Waals surface area (Å²) in [6.45, 7) is 0.946. The van der Waals surface area contributed by atoms with E-state index in [-0.39, 0.29) is 6.03 Å². The van der Waals surface area contributed by atoms with Crippen molar-refractivity contribution in [1.82, 2.24) is 15.2 Å². The topological polar surface area (TPSA) is 67.6 Å². The maximum atomic E-state index is 12.4. The van der Waals surface area contributed by atoms with Gasteiger partial charge in [-0.25, -0.2) is 9.78 Å². The number of methoxy groups -OCH3 is 1. The third kappa shape index (κ3) is 3.58. The quantitative estimate of drug-likeness (QED) is 0.890. The average Bonchev–Trinajstić information content (AvgIpc) is 3.27. The lowest BCUT2D eigenvalue weighted by Gasteiger charge is -2.21. The van der Waals surface area contributed by atoms with Crippen LogP contribution in [0.25, 0.3) is 0 Å². The maximum Gasteiger partial charge on any atom is 0.318 e. The van der Waals surface area contributed by atoms with Crippen LogP contribution in [-0.2, 0) is 13.1 Å². The molecule has 0 aromatic carbocycles. The summed E-state index contributed by atoms with van der Waals surface area (Å²) in [5, 5.41) is 2.93. The molecule has 0 atom stereocenters. The van der Waals surface area contributed by atoms with Crippen LogP contribution in [0.4, 0.5) is 4.79 Å². The highest BCUT2D eigenvalue weighted by molar-refractivity contribution is 5.74. The number of pyridine rings is 1. The van der Waals surface area contributed by atoms with Gasteiger partial charge in [0.25, 0.3) is 0 Å². The Morgan fingerprint density at radius 2 is 2.32 bits per heavy atom. The fraction of sp³-hybridized carbons (Fsp3) is 0.375. The molecule has 1 aliphatic rings. The largest absolute Gasteiger partial charge is 0.481 e. The van der Waals surface area contributed by atoms with Crippen LogP contribution < -0.4 is 10.1 Å². The second kappa shape index (κ2) is 6.51. The summed E-state index contributed by atoms with van der Waals surface area (Å²) in [7, 11) is 1.58. The number of aromatic nitrogens is 1. The second-order valence-electron chi connectivity index (χ2n) is 5.31. The van der Waals surface area contributed by atoms with Crippen LogP contribution in [0.1, 0.15) is 24.2 Å². The Hall–Kier alpha value is -2.50. The standard InChI is InChI=1S/C16H19N3O3/c1-21-15-7-4-12(9-17-15)10-18-16(20)19(13-5-6-13)11-14-3-2-8-22-14/h2-4,7-9,13H,5-6,10-11H2,1H3,(H,18,20). The number of nitrogens with one attached hydrogen (secondary N) is 1. The van der Waals surface area contributed by atoms with Crippen molar-refractivity contribution in [3.05, 3.63) is 48.0 Å². The molecule has 2 aromatic rings. The summed E-state index contributed by atoms with van der Waals surface area (Å²) in [5.74, 6) is 1.36. The molecule has 1 saturated carbocycles. The summed E-state index contributed by atoms with van der Waals surface area (Å²) >= 11 is 0. The van der Waals surface area contributed by atoms with Gasteiger partial charge in [0.1, 0.15) is 5.76 Å². The number of amides is 2. The molecule has 1 aliphatic carbocycles. The molecule has 3 rings (SSSR count). The summed E-state index contributed by atoms with van der Waals surface area (Å²) in [6.07, 6.45) is 5.44. The maximum absolute atomic E-state index is 12.4. The van der Waals surface area contributed by atoms with E-state index < -0.39 is 0 Å². The minimum Gasteiger partial charge on any atom is -0.481 e. The van der Waals surface area contributed by atoms with Crippen molar-refractivity contribution >= 4 is 6.03 Å². The first kappa shape index (κ1) is 14.4. The number of urea groups is 1. The highest BCUT2D eigenvalue weighted by Crippen LogP contribution is 2.28. The first-order chi connectivity index (χ1) is 10.8. The van der Waals surface area contributed by atoms with Gasteiger partial charge in [0.05, 0.1) is 19.9 Å². The number of nitrogens with zero attached hydrogens (tertiary/aromatic N) is 2. The number of carbonyl (C=O) groups excluding carboxylic acids is 1. The lowest BCUT2D eigenvalue weighted by atomic mass is 10.3. The zero-order valence-corrected chi connectivity index (χ0v) is 12.5. The molecule has 0 bridgehead atoms. The number of rotatable bonds is 6. The van der Waals surface area contributed by atoms with E-state index in [0.717, 1.165) is 24.2 Å². The normalized spacial score (nSPS) is 13.7. The number of hydrogen-bond donors (Lipinski definition) is 1. The van der Waals surface area contributed by atoms with E-state index in [1.165, 1.54) is 0 Å². The van der Waals surface area contributed by atoms with Gasteiger partial charge in [0.2, 0.25) is 5.88 Å². The molecule has 22 heavy (non-hydrogen) atoms. The van der Waals surface area contributed by atoms with Crippen LogP contribution in [-0.4, -0.2) is 29.1 Å². The number of ether oxygens (including phenoxy) is 1.